The monoisotopic (exact) mass is 570 g/mol. The van der Waals surface area contributed by atoms with Crippen LogP contribution in [0.2, 0.25) is 0 Å². The number of alkyl halides is 1. The number of ether oxygens (including phenoxy) is 3. The average Bonchev–Trinajstić information content (AvgIpc) is 3.03. The Kier molecular flexibility index (Phi) is 10.5. The van der Waals surface area contributed by atoms with Crippen molar-refractivity contribution in [1.29, 1.82) is 0 Å². The fraction of sp³-hybridized carbons (Fsp3) is 0.714. The predicted molar refractivity (Wildman–Crippen MR) is 124 cm³/mol. The predicted octanol–water partition coefficient (Wildman–Crippen LogP) is 0.357. The zero-order valence-electron chi connectivity index (χ0n) is 21.5. The summed E-state index contributed by atoms with van der Waals surface area (Å²) in [5.41, 5.74) is -6.52. The Morgan fingerprint density at radius 2 is 1.66 bits per heavy atom. The Bertz CT molecular complexity index is 1120. The van der Waals surface area contributed by atoms with Gasteiger partial charge in [0.25, 0.3) is 5.56 Å². The minimum atomic E-state index is -4.79. The van der Waals surface area contributed by atoms with Crippen molar-refractivity contribution in [2.45, 2.75) is 58.2 Å². The molecule has 3 N–H and O–H groups in total. The number of nitrogens with one attached hydrogen (secondary N) is 1. The largest absolute Gasteiger partial charge is 0.480 e. The number of nitrogens with zero attached hydrogens (tertiary/aromatic N) is 1. The van der Waals surface area contributed by atoms with Crippen LogP contribution in [0.1, 0.15) is 40.8 Å². The summed E-state index contributed by atoms with van der Waals surface area (Å²) < 4.78 is 58.3. The molecule has 2 heterocycles. The van der Waals surface area contributed by atoms with Crippen molar-refractivity contribution < 1.29 is 56.5 Å². The highest BCUT2D eigenvalue weighted by Gasteiger charge is 2.63. The topological polar surface area (TPSA) is 202 Å². The number of aromatic amines is 1. The van der Waals surface area contributed by atoms with Gasteiger partial charge in [-0.05, 0) is 6.92 Å². The van der Waals surface area contributed by atoms with Gasteiger partial charge in [0.2, 0.25) is 13.6 Å². The molecule has 1 aromatic rings. The Hall–Kier alpha value is -2.46. The van der Waals surface area contributed by atoms with Gasteiger partial charge in [-0.25, -0.2) is 22.8 Å². The molecule has 1 aliphatic heterocycles. The number of hydrogen-bond donors (Lipinski definition) is 3. The number of esters is 2. The van der Waals surface area contributed by atoms with E-state index in [0.29, 0.717) is 4.57 Å². The van der Waals surface area contributed by atoms with E-state index >= 15 is 0 Å². The summed E-state index contributed by atoms with van der Waals surface area (Å²) in [6.07, 6.45) is -2.83. The summed E-state index contributed by atoms with van der Waals surface area (Å²) in [5, 5.41) is 21.6. The second-order valence-electron chi connectivity index (χ2n) is 9.27. The molecule has 0 spiro atoms. The van der Waals surface area contributed by atoms with Gasteiger partial charge in [-0.2, -0.15) is 0 Å². The molecule has 17 heteroatoms. The van der Waals surface area contributed by atoms with E-state index in [4.69, 9.17) is 27.8 Å². The number of rotatable bonds is 13. The van der Waals surface area contributed by atoms with E-state index < -0.39 is 93.2 Å². The van der Waals surface area contributed by atoms with Crippen LogP contribution in [-0.2, 0) is 41.9 Å². The molecule has 0 amide bonds. The van der Waals surface area contributed by atoms with Crippen LogP contribution in [-0.4, -0.2) is 75.9 Å². The van der Waals surface area contributed by atoms with Crippen LogP contribution in [0.3, 0.4) is 0 Å². The SMILES string of the molecule is CC(C)C(=O)OCOP(=O)(OCOC(=O)C(C)C)OC[C@@]1(CF)O[C@@H](n2ccc(=O)[nH]c2=O)[C@](C)(O)[C@@H]1O. The Morgan fingerprint density at radius 1 is 1.13 bits per heavy atom. The molecule has 0 unspecified atom stereocenters. The number of aliphatic hydroxyl groups excluding tert-OH is 1. The van der Waals surface area contributed by atoms with Crippen molar-refractivity contribution in [1.82, 2.24) is 9.55 Å². The van der Waals surface area contributed by atoms with E-state index in [0.717, 1.165) is 19.2 Å². The first-order valence-corrected chi connectivity index (χ1v) is 12.9. The summed E-state index contributed by atoms with van der Waals surface area (Å²) >= 11 is 0. The molecular formula is C21H32FN2O13P. The Morgan fingerprint density at radius 3 is 2.11 bits per heavy atom. The van der Waals surface area contributed by atoms with Gasteiger partial charge in [0.1, 0.15) is 18.4 Å². The summed E-state index contributed by atoms with van der Waals surface area (Å²) in [4.78, 5) is 48.9. The third-order valence-corrected chi connectivity index (χ3v) is 6.75. The van der Waals surface area contributed by atoms with Crippen molar-refractivity contribution in [3.05, 3.63) is 33.1 Å². The van der Waals surface area contributed by atoms with E-state index in [1.807, 2.05) is 4.98 Å². The molecule has 216 valence electrons. The van der Waals surface area contributed by atoms with Crippen molar-refractivity contribution in [2.75, 3.05) is 26.9 Å². The molecule has 2 rings (SSSR count). The number of halogens is 1. The highest BCUT2D eigenvalue weighted by Crippen LogP contribution is 2.52. The molecule has 0 saturated carbocycles. The zero-order chi connectivity index (χ0) is 28.9. The van der Waals surface area contributed by atoms with Gasteiger partial charge < -0.3 is 24.4 Å². The molecule has 38 heavy (non-hydrogen) atoms. The van der Waals surface area contributed by atoms with Gasteiger partial charge in [-0.1, -0.05) is 27.7 Å². The molecule has 0 aliphatic carbocycles. The van der Waals surface area contributed by atoms with Gasteiger partial charge in [0.05, 0.1) is 18.4 Å². The van der Waals surface area contributed by atoms with Crippen molar-refractivity contribution >= 4 is 19.8 Å². The number of phosphoric acid groups is 1. The Labute approximate surface area is 216 Å². The molecule has 1 aromatic heterocycles. The number of carbonyl (C=O) groups excluding carboxylic acids is 2. The standard InChI is InChI=1S/C21H32FN2O13P/c1-12(2)15(26)32-10-35-38(31,36-11-33-16(27)13(3)4)34-9-21(8-22)17(28)20(5,30)18(37-21)24-7-6-14(25)23-19(24)29/h6-7,12-13,17-18,28,30H,8-11H2,1-5H3,(H,23,25,29)/t17-,18+,20+,21+/m0/s1. The number of aliphatic hydroxyl groups is 2. The maximum Gasteiger partial charge on any atom is 0.480 e. The van der Waals surface area contributed by atoms with Crippen LogP contribution in [0.15, 0.2) is 21.9 Å². The van der Waals surface area contributed by atoms with Crippen LogP contribution in [0.5, 0.6) is 0 Å². The van der Waals surface area contributed by atoms with Crippen molar-refractivity contribution in [3.8, 4) is 0 Å². The van der Waals surface area contributed by atoms with Crippen LogP contribution in [0, 0.1) is 11.8 Å². The summed E-state index contributed by atoms with van der Waals surface area (Å²) in [6.45, 7) is 2.70. The Balaban J connectivity index is 2.26. The number of phosphoric ester groups is 1. The summed E-state index contributed by atoms with van der Waals surface area (Å²) in [5.74, 6) is -2.55. The molecule has 0 aromatic carbocycles. The maximum absolute atomic E-state index is 14.3. The van der Waals surface area contributed by atoms with Crippen molar-refractivity contribution in [3.63, 3.8) is 0 Å². The van der Waals surface area contributed by atoms with E-state index in [9.17, 15) is 38.3 Å². The lowest BCUT2D eigenvalue weighted by Gasteiger charge is -2.31. The maximum atomic E-state index is 14.3. The highest BCUT2D eigenvalue weighted by molar-refractivity contribution is 7.48. The quantitative estimate of drug-likeness (QED) is 0.167. The minimum Gasteiger partial charge on any atom is -0.438 e. The minimum absolute atomic E-state index is 0.556. The second-order valence-corrected chi connectivity index (χ2v) is 10.9. The molecule has 4 atom stereocenters. The van der Waals surface area contributed by atoms with Crippen molar-refractivity contribution in [2.24, 2.45) is 11.8 Å². The number of H-pyrrole nitrogens is 1. The van der Waals surface area contributed by atoms with Crippen LogP contribution < -0.4 is 11.2 Å². The highest BCUT2D eigenvalue weighted by atomic mass is 31.2. The van der Waals surface area contributed by atoms with E-state index in [1.54, 1.807) is 0 Å². The third-order valence-electron chi connectivity index (χ3n) is 5.46. The summed E-state index contributed by atoms with van der Waals surface area (Å²) in [7, 11) is -4.79. The first-order chi connectivity index (χ1) is 17.6. The lowest BCUT2D eigenvalue weighted by Crippen LogP contribution is -2.53. The van der Waals surface area contributed by atoms with Gasteiger partial charge in [-0.3, -0.25) is 28.5 Å². The van der Waals surface area contributed by atoms with Crippen LogP contribution in [0.4, 0.5) is 4.39 Å². The fourth-order valence-corrected chi connectivity index (χ4v) is 4.18. The van der Waals surface area contributed by atoms with Crippen LogP contribution in [0.25, 0.3) is 0 Å². The van der Waals surface area contributed by atoms with E-state index in [-0.39, 0.29) is 0 Å². The molecule has 15 nitrogen and oxygen atoms in total. The number of aromatic nitrogens is 2. The molecule has 1 saturated heterocycles. The fourth-order valence-electron chi connectivity index (χ4n) is 3.21. The number of hydrogen-bond acceptors (Lipinski definition) is 13. The smallest absolute Gasteiger partial charge is 0.438 e. The molecule has 1 aliphatic rings. The first kappa shape index (κ1) is 31.8. The lowest BCUT2D eigenvalue weighted by molar-refractivity contribution is -0.160. The van der Waals surface area contributed by atoms with Gasteiger partial charge in [-0.15, -0.1) is 0 Å². The van der Waals surface area contributed by atoms with Crippen LogP contribution >= 0.6 is 7.82 Å². The molecular weight excluding hydrogens is 538 g/mol. The number of carbonyl (C=O) groups is 2. The average molecular weight is 570 g/mol. The molecule has 1 fully saturated rings. The van der Waals surface area contributed by atoms with Gasteiger partial charge >= 0.3 is 25.5 Å². The lowest BCUT2D eigenvalue weighted by atomic mass is 9.88. The van der Waals surface area contributed by atoms with E-state index in [2.05, 4.69) is 0 Å². The van der Waals surface area contributed by atoms with Gasteiger partial charge in [0, 0.05) is 12.3 Å². The zero-order valence-corrected chi connectivity index (χ0v) is 22.3. The normalized spacial score (nSPS) is 25.6. The molecule has 0 bridgehead atoms. The van der Waals surface area contributed by atoms with E-state index in [1.165, 1.54) is 27.7 Å². The molecule has 0 radical (unpaired) electrons. The first-order valence-electron chi connectivity index (χ1n) is 11.4. The second kappa shape index (κ2) is 12.6. The van der Waals surface area contributed by atoms with Gasteiger partial charge in [0.15, 0.2) is 11.8 Å². The summed E-state index contributed by atoms with van der Waals surface area (Å²) in [6, 6.07) is 0.936. The third kappa shape index (κ3) is 7.34.